The molecule has 1 aliphatic heterocycles. The van der Waals surface area contributed by atoms with Gasteiger partial charge in [0.1, 0.15) is 16.5 Å². The van der Waals surface area contributed by atoms with Crippen LogP contribution in [0.4, 0.5) is 0 Å². The van der Waals surface area contributed by atoms with Crippen LogP contribution in [-0.4, -0.2) is 54.5 Å². The molecule has 0 radical (unpaired) electrons. The Hall–Kier alpha value is -3.05. The van der Waals surface area contributed by atoms with Gasteiger partial charge in [-0.2, -0.15) is 0 Å². The number of methoxy groups -OCH3 is 1. The lowest BCUT2D eigenvalue weighted by Gasteiger charge is -2.13. The van der Waals surface area contributed by atoms with Crippen LogP contribution in [0.2, 0.25) is 0 Å². The summed E-state index contributed by atoms with van der Waals surface area (Å²) in [4.78, 5) is 23.6. The second kappa shape index (κ2) is 8.47. The standard InChI is InChI=1S/C21H22N4O5S2/c1-11(20(22)26)17-10-24-21(31-17)15-7-12-6-13(8-16(29-2)19(12)25-15)30-18-5-4-14(9-23-18)32(3,27)28/h4-9,11,17,25H,10H2,1-3H3,(H2,22,26). The fourth-order valence-electron chi connectivity index (χ4n) is 3.27. The molecular weight excluding hydrogens is 452 g/mol. The summed E-state index contributed by atoms with van der Waals surface area (Å²) in [7, 11) is -1.77. The highest BCUT2D eigenvalue weighted by atomic mass is 32.2. The Morgan fingerprint density at radius 2 is 2.09 bits per heavy atom. The van der Waals surface area contributed by atoms with Gasteiger partial charge in [0.25, 0.3) is 0 Å². The van der Waals surface area contributed by atoms with E-state index < -0.39 is 9.84 Å². The summed E-state index contributed by atoms with van der Waals surface area (Å²) in [5.41, 5.74) is 7.03. The minimum absolute atomic E-state index is 0.00989. The lowest BCUT2D eigenvalue weighted by atomic mass is 10.1. The summed E-state index contributed by atoms with van der Waals surface area (Å²) < 4.78 is 34.5. The summed E-state index contributed by atoms with van der Waals surface area (Å²) in [5.74, 6) is 0.704. The Bertz CT molecular complexity index is 1320. The number of aromatic amines is 1. The van der Waals surface area contributed by atoms with E-state index in [1.165, 1.54) is 30.1 Å². The number of nitrogens with two attached hydrogens (primary N) is 1. The van der Waals surface area contributed by atoms with Crippen molar-refractivity contribution >= 4 is 43.5 Å². The molecule has 0 fully saturated rings. The number of primary amides is 1. The fourth-order valence-corrected chi connectivity index (χ4v) is 4.99. The van der Waals surface area contributed by atoms with Gasteiger partial charge in [0, 0.05) is 41.1 Å². The molecule has 3 N–H and O–H groups in total. The van der Waals surface area contributed by atoms with Gasteiger partial charge in [0.15, 0.2) is 9.84 Å². The van der Waals surface area contributed by atoms with Crippen LogP contribution in [0.5, 0.6) is 17.4 Å². The maximum atomic E-state index is 11.6. The SMILES string of the molecule is COc1cc(Oc2ccc(S(C)(=O)=O)cn2)cc2cc(C3=NCC(C(C)C(N)=O)S3)[nH]c12. The molecule has 9 nitrogen and oxygen atoms in total. The fraction of sp³-hybridized carbons (Fsp3) is 0.286. The summed E-state index contributed by atoms with van der Waals surface area (Å²) >= 11 is 1.53. The predicted octanol–water partition coefficient (Wildman–Crippen LogP) is 2.75. The predicted molar refractivity (Wildman–Crippen MR) is 123 cm³/mol. The average molecular weight is 475 g/mol. The van der Waals surface area contributed by atoms with Gasteiger partial charge in [0.2, 0.25) is 11.8 Å². The van der Waals surface area contributed by atoms with Crippen LogP contribution in [0.1, 0.15) is 12.6 Å². The number of sulfone groups is 1. The van der Waals surface area contributed by atoms with Gasteiger partial charge in [-0.25, -0.2) is 13.4 Å². The van der Waals surface area contributed by atoms with Crippen LogP contribution >= 0.6 is 11.8 Å². The van der Waals surface area contributed by atoms with E-state index in [-0.39, 0.29) is 27.9 Å². The van der Waals surface area contributed by atoms with Gasteiger partial charge in [0.05, 0.1) is 29.8 Å². The molecule has 2 unspecified atom stereocenters. The first kappa shape index (κ1) is 22.2. The largest absolute Gasteiger partial charge is 0.494 e. The quantitative estimate of drug-likeness (QED) is 0.537. The number of aliphatic imine (C=N–C) groups is 1. The monoisotopic (exact) mass is 474 g/mol. The van der Waals surface area contributed by atoms with Crippen molar-refractivity contribution in [2.45, 2.75) is 17.1 Å². The van der Waals surface area contributed by atoms with Gasteiger partial charge < -0.3 is 20.2 Å². The second-order valence-electron chi connectivity index (χ2n) is 7.47. The molecule has 0 spiro atoms. The Morgan fingerprint density at radius 3 is 2.72 bits per heavy atom. The van der Waals surface area contributed by atoms with E-state index in [4.69, 9.17) is 15.2 Å². The number of hydrogen-bond acceptors (Lipinski definition) is 8. The number of ether oxygens (including phenoxy) is 2. The molecular formula is C21H22N4O5S2. The molecule has 0 saturated heterocycles. The molecule has 0 saturated carbocycles. The van der Waals surface area contributed by atoms with E-state index in [1.807, 2.05) is 19.1 Å². The number of pyridine rings is 1. The molecule has 3 aromatic rings. The molecule has 11 heteroatoms. The van der Waals surface area contributed by atoms with Crippen molar-refractivity contribution in [3.05, 3.63) is 42.2 Å². The normalized spacial score (nSPS) is 17.2. The number of carbonyl (C=O) groups excluding carboxylic acids is 1. The molecule has 1 aliphatic rings. The molecule has 0 bridgehead atoms. The minimum atomic E-state index is -3.33. The third-order valence-electron chi connectivity index (χ3n) is 5.16. The number of nitrogens with one attached hydrogen (secondary N) is 1. The van der Waals surface area contributed by atoms with Crippen LogP contribution < -0.4 is 15.2 Å². The van der Waals surface area contributed by atoms with Gasteiger partial charge >= 0.3 is 0 Å². The average Bonchev–Trinajstić information content (AvgIpc) is 3.39. The maximum absolute atomic E-state index is 11.6. The van der Waals surface area contributed by atoms with Gasteiger partial charge in [-0.3, -0.25) is 9.79 Å². The summed E-state index contributed by atoms with van der Waals surface area (Å²) in [6.45, 7) is 2.34. The van der Waals surface area contributed by atoms with Crippen molar-refractivity contribution in [3.63, 3.8) is 0 Å². The van der Waals surface area contributed by atoms with Crippen LogP contribution in [0.15, 0.2) is 46.4 Å². The van der Waals surface area contributed by atoms with Crippen molar-refractivity contribution in [2.24, 2.45) is 16.6 Å². The molecule has 32 heavy (non-hydrogen) atoms. The zero-order valence-corrected chi connectivity index (χ0v) is 19.3. The molecule has 1 amide bonds. The van der Waals surface area contributed by atoms with E-state index in [0.717, 1.165) is 27.9 Å². The highest BCUT2D eigenvalue weighted by molar-refractivity contribution is 8.15. The highest BCUT2D eigenvalue weighted by Crippen LogP contribution is 2.36. The number of hydrogen-bond donors (Lipinski definition) is 2. The molecule has 2 atom stereocenters. The van der Waals surface area contributed by atoms with Crippen molar-refractivity contribution < 1.29 is 22.7 Å². The summed E-state index contributed by atoms with van der Waals surface area (Å²) in [6, 6.07) is 8.43. The lowest BCUT2D eigenvalue weighted by Crippen LogP contribution is -2.30. The zero-order valence-electron chi connectivity index (χ0n) is 17.7. The minimum Gasteiger partial charge on any atom is -0.494 e. The number of benzene rings is 1. The Kier molecular flexibility index (Phi) is 5.87. The van der Waals surface area contributed by atoms with Crippen LogP contribution in [0.25, 0.3) is 10.9 Å². The Morgan fingerprint density at radius 1 is 1.31 bits per heavy atom. The number of H-pyrrole nitrogens is 1. The summed E-state index contributed by atoms with van der Waals surface area (Å²) in [5, 5.41) is 1.66. The first-order valence-corrected chi connectivity index (χ1v) is 12.5. The van der Waals surface area contributed by atoms with Crippen LogP contribution in [-0.2, 0) is 14.6 Å². The molecule has 2 aromatic heterocycles. The van der Waals surface area contributed by atoms with Gasteiger partial charge in [-0.1, -0.05) is 18.7 Å². The van der Waals surface area contributed by atoms with E-state index in [1.54, 1.807) is 13.2 Å². The van der Waals surface area contributed by atoms with Crippen molar-refractivity contribution in [3.8, 4) is 17.4 Å². The van der Waals surface area contributed by atoms with Crippen molar-refractivity contribution in [1.82, 2.24) is 9.97 Å². The van der Waals surface area contributed by atoms with Gasteiger partial charge in [-0.05, 0) is 18.2 Å². The maximum Gasteiger partial charge on any atom is 0.221 e. The molecule has 1 aromatic carbocycles. The number of carbonyl (C=O) groups is 1. The highest BCUT2D eigenvalue weighted by Gasteiger charge is 2.29. The number of rotatable bonds is 7. The smallest absolute Gasteiger partial charge is 0.221 e. The Labute approximate surface area is 189 Å². The zero-order chi connectivity index (χ0) is 23.0. The molecule has 4 rings (SSSR count). The first-order valence-electron chi connectivity index (χ1n) is 9.71. The van der Waals surface area contributed by atoms with E-state index in [9.17, 15) is 13.2 Å². The van der Waals surface area contributed by atoms with Crippen molar-refractivity contribution in [1.29, 1.82) is 0 Å². The number of aromatic nitrogens is 2. The van der Waals surface area contributed by atoms with E-state index in [0.29, 0.717) is 18.0 Å². The molecule has 3 heterocycles. The molecule has 168 valence electrons. The van der Waals surface area contributed by atoms with E-state index in [2.05, 4.69) is 15.0 Å². The van der Waals surface area contributed by atoms with E-state index >= 15 is 0 Å². The number of fused-ring (bicyclic) bond motifs is 1. The second-order valence-corrected chi connectivity index (χ2v) is 10.7. The number of nitrogens with zero attached hydrogens (tertiary/aromatic N) is 2. The topological polar surface area (TPSA) is 137 Å². The summed E-state index contributed by atoms with van der Waals surface area (Å²) in [6.07, 6.45) is 2.38. The third kappa shape index (κ3) is 4.44. The van der Waals surface area contributed by atoms with Crippen molar-refractivity contribution in [2.75, 3.05) is 19.9 Å². The molecule has 0 aliphatic carbocycles. The van der Waals surface area contributed by atoms with Crippen LogP contribution in [0.3, 0.4) is 0 Å². The number of thioether (sulfide) groups is 1. The number of amides is 1. The first-order chi connectivity index (χ1) is 15.2. The van der Waals surface area contributed by atoms with Gasteiger partial charge in [-0.15, -0.1) is 0 Å². The lowest BCUT2D eigenvalue weighted by molar-refractivity contribution is -0.121. The third-order valence-corrected chi connectivity index (χ3v) is 7.69. The Balaban J connectivity index is 1.60. The van der Waals surface area contributed by atoms with Crippen LogP contribution in [0, 0.1) is 5.92 Å².